The Balaban J connectivity index is 4.38. The van der Waals surface area contributed by atoms with E-state index in [1.54, 1.807) is 0 Å². The molecule has 0 aromatic rings. The highest BCUT2D eigenvalue weighted by Gasteiger charge is 2.03. The van der Waals surface area contributed by atoms with Gasteiger partial charge in [-0.05, 0) is 19.8 Å². The number of rotatable bonds is 4. The van der Waals surface area contributed by atoms with E-state index < -0.39 is 0 Å². The molecule has 0 aromatic carbocycles. The number of hydrogen-bond acceptors (Lipinski definition) is 3. The lowest BCUT2D eigenvalue weighted by molar-refractivity contribution is -0.113. The standard InChI is InChI=1S/C10H17NO2/c1-7(2)5-11-6-10(8(3)12)9(4)13/h6-7,12H,5H2,1-4H3. The number of nitrogens with zero attached hydrogens (tertiary/aromatic N) is 1. The normalized spacial score (nSPS) is 13.6. The Hall–Kier alpha value is -1.12. The molecule has 0 aromatic heterocycles. The molecule has 0 spiro atoms. The Labute approximate surface area is 79.2 Å². The second-order valence-electron chi connectivity index (χ2n) is 3.44. The zero-order valence-corrected chi connectivity index (χ0v) is 8.66. The van der Waals surface area contributed by atoms with Crippen LogP contribution in [0.2, 0.25) is 0 Å². The Morgan fingerprint density at radius 3 is 2.31 bits per heavy atom. The minimum Gasteiger partial charge on any atom is -0.512 e. The van der Waals surface area contributed by atoms with Crippen molar-refractivity contribution in [3.63, 3.8) is 0 Å². The van der Waals surface area contributed by atoms with E-state index in [4.69, 9.17) is 5.11 Å². The van der Waals surface area contributed by atoms with Crippen LogP contribution in [0.1, 0.15) is 27.7 Å². The molecule has 74 valence electrons. The number of aliphatic imine (C=N–C) groups is 1. The first-order chi connectivity index (χ1) is 5.95. The molecule has 0 atom stereocenters. The lowest BCUT2D eigenvalue weighted by Crippen LogP contribution is -2.03. The second-order valence-corrected chi connectivity index (χ2v) is 3.44. The predicted molar refractivity (Wildman–Crippen MR) is 54.2 cm³/mol. The zero-order chi connectivity index (χ0) is 10.4. The van der Waals surface area contributed by atoms with E-state index >= 15 is 0 Å². The molecular weight excluding hydrogens is 166 g/mol. The van der Waals surface area contributed by atoms with E-state index in [1.807, 2.05) is 13.8 Å². The third-order valence-electron chi connectivity index (χ3n) is 1.46. The van der Waals surface area contributed by atoms with Crippen molar-refractivity contribution >= 4 is 12.0 Å². The number of carbonyl (C=O) groups excluding carboxylic acids is 1. The number of aliphatic hydroxyl groups is 1. The molecule has 3 nitrogen and oxygen atoms in total. The molecule has 0 aliphatic carbocycles. The summed E-state index contributed by atoms with van der Waals surface area (Å²) < 4.78 is 0. The maximum atomic E-state index is 11.0. The van der Waals surface area contributed by atoms with E-state index in [9.17, 15) is 4.79 Å². The molecule has 1 N–H and O–H groups in total. The van der Waals surface area contributed by atoms with Crippen molar-refractivity contribution in [2.45, 2.75) is 27.7 Å². The first-order valence-electron chi connectivity index (χ1n) is 4.35. The van der Waals surface area contributed by atoms with Gasteiger partial charge in [-0.2, -0.15) is 0 Å². The molecule has 0 rings (SSSR count). The van der Waals surface area contributed by atoms with Gasteiger partial charge in [0, 0.05) is 12.8 Å². The van der Waals surface area contributed by atoms with Gasteiger partial charge in [0.1, 0.15) is 5.76 Å². The number of carbonyl (C=O) groups is 1. The minimum absolute atomic E-state index is 0.0278. The summed E-state index contributed by atoms with van der Waals surface area (Å²) in [6.45, 7) is 7.65. The lowest BCUT2D eigenvalue weighted by atomic mass is 10.2. The third kappa shape index (κ3) is 5.17. The van der Waals surface area contributed by atoms with E-state index in [0.29, 0.717) is 18.0 Å². The van der Waals surface area contributed by atoms with Crippen molar-refractivity contribution in [2.75, 3.05) is 6.54 Å². The second kappa shape index (κ2) is 5.51. The lowest BCUT2D eigenvalue weighted by Gasteiger charge is -1.99. The number of aliphatic hydroxyl groups excluding tert-OH is 1. The summed E-state index contributed by atoms with van der Waals surface area (Å²) in [5, 5.41) is 9.12. The van der Waals surface area contributed by atoms with Crippen LogP contribution in [0.25, 0.3) is 0 Å². The van der Waals surface area contributed by atoms with Gasteiger partial charge in [-0.15, -0.1) is 0 Å². The third-order valence-corrected chi connectivity index (χ3v) is 1.46. The molecule has 0 saturated heterocycles. The van der Waals surface area contributed by atoms with Crippen LogP contribution < -0.4 is 0 Å². The molecular formula is C10H17NO2. The van der Waals surface area contributed by atoms with Crippen LogP contribution in [0, 0.1) is 5.92 Å². The number of allylic oxidation sites excluding steroid dienone is 2. The fourth-order valence-corrected chi connectivity index (χ4v) is 0.794. The molecule has 0 aliphatic rings. The van der Waals surface area contributed by atoms with E-state index in [0.717, 1.165) is 0 Å². The van der Waals surface area contributed by atoms with E-state index in [2.05, 4.69) is 4.99 Å². The molecule has 0 bridgehead atoms. The summed E-state index contributed by atoms with van der Waals surface area (Å²) in [7, 11) is 0. The quantitative estimate of drug-likeness (QED) is 0.412. The van der Waals surface area contributed by atoms with Gasteiger partial charge in [0.15, 0.2) is 5.78 Å². The van der Waals surface area contributed by atoms with Crippen molar-refractivity contribution in [2.24, 2.45) is 10.9 Å². The predicted octanol–water partition coefficient (Wildman–Crippen LogP) is 2.13. The molecule has 0 unspecified atom stereocenters. The summed E-state index contributed by atoms with van der Waals surface area (Å²) >= 11 is 0. The highest BCUT2D eigenvalue weighted by Crippen LogP contribution is 2.00. The van der Waals surface area contributed by atoms with Gasteiger partial charge < -0.3 is 5.11 Å². The summed E-state index contributed by atoms with van der Waals surface area (Å²) in [6.07, 6.45) is 1.44. The Kier molecular flexibility index (Phi) is 5.04. The van der Waals surface area contributed by atoms with Crippen molar-refractivity contribution in [1.29, 1.82) is 0 Å². The van der Waals surface area contributed by atoms with Gasteiger partial charge >= 0.3 is 0 Å². The van der Waals surface area contributed by atoms with Crippen LogP contribution in [0.5, 0.6) is 0 Å². The van der Waals surface area contributed by atoms with E-state index in [-0.39, 0.29) is 11.5 Å². The Bertz CT molecular complexity index is 235. The smallest absolute Gasteiger partial charge is 0.164 e. The average molecular weight is 183 g/mol. The van der Waals surface area contributed by atoms with Crippen LogP contribution in [-0.2, 0) is 4.79 Å². The van der Waals surface area contributed by atoms with E-state index in [1.165, 1.54) is 20.1 Å². The van der Waals surface area contributed by atoms with Crippen LogP contribution in [0.4, 0.5) is 0 Å². The van der Waals surface area contributed by atoms with Crippen LogP contribution in [0.3, 0.4) is 0 Å². The molecule has 0 amide bonds. The highest BCUT2D eigenvalue weighted by molar-refractivity contribution is 6.12. The molecule has 0 radical (unpaired) electrons. The number of Topliss-reactive ketones (excluding diaryl/α,β-unsaturated/α-hetero) is 1. The molecule has 0 saturated carbocycles. The molecule has 0 aliphatic heterocycles. The van der Waals surface area contributed by atoms with Gasteiger partial charge in [-0.3, -0.25) is 9.79 Å². The molecule has 3 heteroatoms. The number of hydrogen-bond donors (Lipinski definition) is 1. The van der Waals surface area contributed by atoms with Crippen molar-refractivity contribution in [1.82, 2.24) is 0 Å². The highest BCUT2D eigenvalue weighted by atomic mass is 16.3. The number of ketones is 1. The molecule has 0 heterocycles. The zero-order valence-electron chi connectivity index (χ0n) is 8.66. The first kappa shape index (κ1) is 11.9. The van der Waals surface area contributed by atoms with Crippen molar-refractivity contribution in [3.8, 4) is 0 Å². The van der Waals surface area contributed by atoms with Crippen molar-refractivity contribution < 1.29 is 9.90 Å². The van der Waals surface area contributed by atoms with Gasteiger partial charge in [-0.1, -0.05) is 13.8 Å². The van der Waals surface area contributed by atoms with Crippen LogP contribution in [-0.4, -0.2) is 23.6 Å². The maximum Gasteiger partial charge on any atom is 0.164 e. The van der Waals surface area contributed by atoms with Gasteiger partial charge in [0.25, 0.3) is 0 Å². The molecule has 13 heavy (non-hydrogen) atoms. The van der Waals surface area contributed by atoms with Gasteiger partial charge in [-0.25, -0.2) is 0 Å². The average Bonchev–Trinajstić information content (AvgIpc) is 1.95. The van der Waals surface area contributed by atoms with Crippen LogP contribution in [0.15, 0.2) is 16.3 Å². The minimum atomic E-state index is -0.160. The fraction of sp³-hybridized carbons (Fsp3) is 0.600. The SMILES string of the molecule is CC(=O)C(C=NCC(C)C)=C(C)O. The van der Waals surface area contributed by atoms with Gasteiger partial charge in [0.2, 0.25) is 0 Å². The summed E-state index contributed by atoms with van der Waals surface area (Å²) in [5.41, 5.74) is 0.292. The maximum absolute atomic E-state index is 11.0. The Morgan fingerprint density at radius 2 is 2.00 bits per heavy atom. The first-order valence-corrected chi connectivity index (χ1v) is 4.35. The largest absolute Gasteiger partial charge is 0.512 e. The monoisotopic (exact) mass is 183 g/mol. The van der Waals surface area contributed by atoms with Crippen molar-refractivity contribution in [3.05, 3.63) is 11.3 Å². The molecule has 0 fully saturated rings. The van der Waals surface area contributed by atoms with Gasteiger partial charge in [0.05, 0.1) is 5.57 Å². The summed E-state index contributed by atoms with van der Waals surface area (Å²) in [5.74, 6) is 0.330. The Morgan fingerprint density at radius 1 is 1.46 bits per heavy atom. The topological polar surface area (TPSA) is 49.7 Å². The fourth-order valence-electron chi connectivity index (χ4n) is 0.794. The summed E-state index contributed by atoms with van der Waals surface area (Å²) in [6, 6.07) is 0. The summed E-state index contributed by atoms with van der Waals surface area (Å²) in [4.78, 5) is 15.0. The van der Waals surface area contributed by atoms with Crippen LogP contribution >= 0.6 is 0 Å².